The maximum absolute atomic E-state index is 5.62. The first-order valence-corrected chi connectivity index (χ1v) is 9.04. The van der Waals surface area contributed by atoms with Crippen LogP contribution in [0.25, 0.3) is 0 Å². The Hall–Kier alpha value is -0.810. The molecule has 0 heterocycles. The van der Waals surface area contributed by atoms with Gasteiger partial charge in [-0.2, -0.15) is 0 Å². The molecule has 0 radical (unpaired) electrons. The molecular weight excluding hydrogens is 278 g/mol. The number of aliphatic imine (C=N–C) groups is 1. The Bertz CT molecular complexity index is 281. The molecule has 5 heteroatoms. The molecular formula is C17H35N3O2. The highest BCUT2D eigenvalue weighted by molar-refractivity contribution is 5.79. The molecule has 0 aromatic carbocycles. The summed E-state index contributed by atoms with van der Waals surface area (Å²) in [6.07, 6.45) is 7.06. The van der Waals surface area contributed by atoms with Gasteiger partial charge in [-0.25, -0.2) is 0 Å². The average molecular weight is 313 g/mol. The summed E-state index contributed by atoms with van der Waals surface area (Å²) in [5, 5.41) is 6.62. The first-order valence-electron chi connectivity index (χ1n) is 9.04. The number of rotatable bonds is 14. The smallest absolute Gasteiger partial charge is 0.191 e. The summed E-state index contributed by atoms with van der Waals surface area (Å²) in [4.78, 5) is 4.57. The van der Waals surface area contributed by atoms with E-state index in [1.165, 1.54) is 19.3 Å². The van der Waals surface area contributed by atoms with Gasteiger partial charge in [0.25, 0.3) is 0 Å². The van der Waals surface area contributed by atoms with Crippen LogP contribution in [0.3, 0.4) is 0 Å². The zero-order valence-corrected chi connectivity index (χ0v) is 14.5. The van der Waals surface area contributed by atoms with Crippen LogP contribution in [0.5, 0.6) is 0 Å². The molecule has 1 fully saturated rings. The third-order valence-electron chi connectivity index (χ3n) is 3.51. The Labute approximate surface area is 136 Å². The molecule has 0 amide bonds. The Morgan fingerprint density at radius 1 is 1.00 bits per heavy atom. The number of ether oxygens (including phenoxy) is 2. The van der Waals surface area contributed by atoms with E-state index in [0.717, 1.165) is 77.2 Å². The first-order chi connectivity index (χ1) is 10.9. The van der Waals surface area contributed by atoms with Crippen LogP contribution in [0.4, 0.5) is 0 Å². The average Bonchev–Trinajstić information content (AvgIpc) is 3.34. The zero-order valence-electron chi connectivity index (χ0n) is 14.5. The molecule has 5 nitrogen and oxygen atoms in total. The molecule has 0 aliphatic heterocycles. The van der Waals surface area contributed by atoms with Crippen molar-refractivity contribution in [3.05, 3.63) is 0 Å². The Balaban J connectivity index is 1.97. The van der Waals surface area contributed by atoms with Crippen LogP contribution >= 0.6 is 0 Å². The molecule has 130 valence electrons. The monoisotopic (exact) mass is 313 g/mol. The first kappa shape index (κ1) is 19.2. The van der Waals surface area contributed by atoms with E-state index in [1.807, 2.05) is 0 Å². The maximum atomic E-state index is 5.62. The quantitative estimate of drug-likeness (QED) is 0.294. The maximum Gasteiger partial charge on any atom is 0.191 e. The molecule has 22 heavy (non-hydrogen) atoms. The molecule has 0 atom stereocenters. The summed E-state index contributed by atoms with van der Waals surface area (Å²) in [6.45, 7) is 10.3. The van der Waals surface area contributed by atoms with E-state index < -0.39 is 0 Å². The fourth-order valence-electron chi connectivity index (χ4n) is 1.96. The number of nitrogens with zero attached hydrogens (tertiary/aromatic N) is 1. The fourth-order valence-corrected chi connectivity index (χ4v) is 1.96. The molecule has 0 bridgehead atoms. The molecule has 1 rings (SSSR count). The van der Waals surface area contributed by atoms with Crippen molar-refractivity contribution in [2.24, 2.45) is 10.9 Å². The normalized spacial score (nSPS) is 15.1. The SMILES string of the molecule is CCCCOCCCNC(=NCCCOCC1CC1)NCC. The Kier molecular flexibility index (Phi) is 12.1. The van der Waals surface area contributed by atoms with Gasteiger partial charge in [-0.15, -0.1) is 0 Å². The van der Waals surface area contributed by atoms with Crippen molar-refractivity contribution >= 4 is 5.96 Å². The Morgan fingerprint density at radius 2 is 1.77 bits per heavy atom. The van der Waals surface area contributed by atoms with Crippen molar-refractivity contribution < 1.29 is 9.47 Å². The number of unbranched alkanes of at least 4 members (excludes halogenated alkanes) is 1. The number of guanidine groups is 1. The topological polar surface area (TPSA) is 54.9 Å². The van der Waals surface area contributed by atoms with Crippen molar-refractivity contribution in [2.75, 3.05) is 46.1 Å². The van der Waals surface area contributed by atoms with Gasteiger partial charge in [0, 0.05) is 46.1 Å². The van der Waals surface area contributed by atoms with E-state index >= 15 is 0 Å². The van der Waals surface area contributed by atoms with Gasteiger partial charge < -0.3 is 20.1 Å². The lowest BCUT2D eigenvalue weighted by molar-refractivity contribution is 0.123. The second-order valence-corrected chi connectivity index (χ2v) is 5.88. The number of hydrogen-bond donors (Lipinski definition) is 2. The largest absolute Gasteiger partial charge is 0.381 e. The van der Waals surface area contributed by atoms with Gasteiger partial charge in [0.1, 0.15) is 0 Å². The van der Waals surface area contributed by atoms with Crippen LogP contribution in [0, 0.1) is 5.92 Å². The van der Waals surface area contributed by atoms with Gasteiger partial charge in [0.15, 0.2) is 5.96 Å². The minimum atomic E-state index is 0.813. The van der Waals surface area contributed by atoms with Crippen molar-refractivity contribution in [3.8, 4) is 0 Å². The summed E-state index contributed by atoms with van der Waals surface area (Å²) >= 11 is 0. The Morgan fingerprint density at radius 3 is 2.50 bits per heavy atom. The molecule has 0 saturated heterocycles. The minimum absolute atomic E-state index is 0.813. The third kappa shape index (κ3) is 11.8. The van der Waals surface area contributed by atoms with Crippen molar-refractivity contribution in [1.29, 1.82) is 0 Å². The summed E-state index contributed by atoms with van der Waals surface area (Å²) in [5.41, 5.74) is 0. The van der Waals surface area contributed by atoms with Crippen molar-refractivity contribution in [2.45, 2.75) is 52.4 Å². The van der Waals surface area contributed by atoms with Crippen LogP contribution in [0.2, 0.25) is 0 Å². The van der Waals surface area contributed by atoms with Gasteiger partial charge in [0.05, 0.1) is 0 Å². The van der Waals surface area contributed by atoms with E-state index in [2.05, 4.69) is 29.5 Å². The van der Waals surface area contributed by atoms with Gasteiger partial charge in [-0.3, -0.25) is 4.99 Å². The van der Waals surface area contributed by atoms with E-state index in [9.17, 15) is 0 Å². The zero-order chi connectivity index (χ0) is 15.9. The molecule has 0 aromatic heterocycles. The summed E-state index contributed by atoms with van der Waals surface area (Å²) < 4.78 is 11.2. The minimum Gasteiger partial charge on any atom is -0.381 e. The molecule has 0 unspecified atom stereocenters. The van der Waals surface area contributed by atoms with Crippen LogP contribution in [0.1, 0.15) is 52.4 Å². The van der Waals surface area contributed by atoms with Crippen molar-refractivity contribution in [1.82, 2.24) is 10.6 Å². The lowest BCUT2D eigenvalue weighted by Gasteiger charge is -2.11. The van der Waals surface area contributed by atoms with Gasteiger partial charge in [-0.05, 0) is 44.9 Å². The van der Waals surface area contributed by atoms with Crippen LogP contribution in [-0.2, 0) is 9.47 Å². The molecule has 1 aliphatic rings. The molecule has 1 aliphatic carbocycles. The predicted octanol–water partition coefficient (Wildman–Crippen LogP) is 2.57. The molecule has 1 saturated carbocycles. The van der Waals surface area contributed by atoms with E-state index in [0.29, 0.717) is 0 Å². The second kappa shape index (κ2) is 13.8. The highest BCUT2D eigenvalue weighted by atomic mass is 16.5. The van der Waals surface area contributed by atoms with E-state index in [1.54, 1.807) is 0 Å². The van der Waals surface area contributed by atoms with Gasteiger partial charge in [0.2, 0.25) is 0 Å². The standard InChI is InChI=1S/C17H35N3O2/c1-3-5-12-21-13-6-10-19-17(18-4-2)20-11-7-14-22-15-16-8-9-16/h16H,3-15H2,1-2H3,(H2,18,19,20). The highest BCUT2D eigenvalue weighted by Gasteiger charge is 2.20. The summed E-state index contributed by atoms with van der Waals surface area (Å²) in [7, 11) is 0. The molecule has 0 aromatic rings. The number of hydrogen-bond acceptors (Lipinski definition) is 3. The third-order valence-corrected chi connectivity index (χ3v) is 3.51. The summed E-state index contributed by atoms with van der Waals surface area (Å²) in [5.74, 6) is 1.75. The highest BCUT2D eigenvalue weighted by Crippen LogP contribution is 2.28. The second-order valence-electron chi connectivity index (χ2n) is 5.88. The van der Waals surface area contributed by atoms with Gasteiger partial charge in [-0.1, -0.05) is 13.3 Å². The lowest BCUT2D eigenvalue weighted by atomic mass is 10.4. The summed E-state index contributed by atoms with van der Waals surface area (Å²) in [6, 6.07) is 0. The van der Waals surface area contributed by atoms with Gasteiger partial charge >= 0.3 is 0 Å². The van der Waals surface area contributed by atoms with Crippen LogP contribution < -0.4 is 10.6 Å². The van der Waals surface area contributed by atoms with Crippen LogP contribution in [0.15, 0.2) is 4.99 Å². The predicted molar refractivity (Wildman–Crippen MR) is 92.5 cm³/mol. The van der Waals surface area contributed by atoms with E-state index in [-0.39, 0.29) is 0 Å². The molecule has 2 N–H and O–H groups in total. The van der Waals surface area contributed by atoms with Crippen LogP contribution in [-0.4, -0.2) is 52.0 Å². The van der Waals surface area contributed by atoms with Crippen molar-refractivity contribution in [3.63, 3.8) is 0 Å². The lowest BCUT2D eigenvalue weighted by Crippen LogP contribution is -2.38. The fraction of sp³-hybridized carbons (Fsp3) is 0.941. The number of nitrogens with one attached hydrogen (secondary N) is 2. The molecule has 0 spiro atoms. The van der Waals surface area contributed by atoms with E-state index in [4.69, 9.17) is 9.47 Å².